The van der Waals surface area contributed by atoms with Crippen LogP contribution in [-0.4, -0.2) is 14.6 Å². The third-order valence-corrected chi connectivity index (χ3v) is 5.27. The summed E-state index contributed by atoms with van der Waals surface area (Å²) >= 11 is 0. The van der Waals surface area contributed by atoms with Crippen molar-refractivity contribution in [1.82, 2.24) is 0 Å². The van der Waals surface area contributed by atoms with Crippen LogP contribution in [0.3, 0.4) is 0 Å². The summed E-state index contributed by atoms with van der Waals surface area (Å²) in [6.07, 6.45) is 0. The Bertz CT molecular complexity index is 676. The van der Waals surface area contributed by atoms with E-state index in [1.807, 2.05) is 31.2 Å². The largest absolute Gasteiger partial charge is 0.371 e. The van der Waals surface area contributed by atoms with Gasteiger partial charge >= 0.3 is 0 Å². The summed E-state index contributed by atoms with van der Waals surface area (Å²) in [7, 11) is -1.48. The Kier molecular flexibility index (Phi) is 4.56. The Balaban J connectivity index is 2.37. The van der Waals surface area contributed by atoms with Gasteiger partial charge in [0.2, 0.25) is 0 Å². The minimum absolute atomic E-state index is 0.459. The fourth-order valence-corrected chi connectivity index (χ4v) is 3.43. The van der Waals surface area contributed by atoms with Crippen LogP contribution in [0.1, 0.15) is 18.1 Å². The monoisotopic (exact) mass is 299 g/mol. The average Bonchev–Trinajstić information content (AvgIpc) is 2.54. The van der Waals surface area contributed by atoms with Gasteiger partial charge in [0.15, 0.2) is 5.60 Å². The minimum atomic E-state index is -1.78. The third kappa shape index (κ3) is 3.05. The molecule has 0 saturated carbocycles. The Morgan fingerprint density at radius 1 is 1.14 bits per heavy atom. The van der Waals surface area contributed by atoms with Crippen LogP contribution in [0, 0.1) is 18.3 Å². The van der Waals surface area contributed by atoms with Gasteiger partial charge in [-0.25, -0.2) is 0 Å². The molecule has 1 N–H and O–H groups in total. The van der Waals surface area contributed by atoms with Gasteiger partial charge in [-0.3, -0.25) is 4.21 Å². The van der Waals surface area contributed by atoms with Crippen LogP contribution in [0.4, 0.5) is 0 Å². The lowest BCUT2D eigenvalue weighted by Crippen LogP contribution is -2.39. The second kappa shape index (κ2) is 6.21. The van der Waals surface area contributed by atoms with Gasteiger partial charge in [-0.15, -0.1) is 0 Å². The van der Waals surface area contributed by atoms with Crippen molar-refractivity contribution in [3.8, 4) is 6.07 Å². The van der Waals surface area contributed by atoms with Gasteiger partial charge in [-0.05, 0) is 31.5 Å². The maximum Gasteiger partial charge on any atom is 0.191 e. The molecule has 4 heteroatoms. The maximum absolute atomic E-state index is 12.6. The van der Waals surface area contributed by atoms with Crippen molar-refractivity contribution in [1.29, 1.82) is 5.26 Å². The van der Waals surface area contributed by atoms with Gasteiger partial charge < -0.3 is 5.11 Å². The zero-order valence-corrected chi connectivity index (χ0v) is 12.8. The highest BCUT2D eigenvalue weighted by Crippen LogP contribution is 2.30. The van der Waals surface area contributed by atoms with E-state index >= 15 is 0 Å². The van der Waals surface area contributed by atoms with Crippen molar-refractivity contribution in [3.63, 3.8) is 0 Å². The van der Waals surface area contributed by atoms with Gasteiger partial charge in [0.1, 0.15) is 6.07 Å². The van der Waals surface area contributed by atoms with Crippen LogP contribution < -0.4 is 0 Å². The van der Waals surface area contributed by atoms with E-state index in [0.29, 0.717) is 10.5 Å². The van der Waals surface area contributed by atoms with E-state index in [1.165, 1.54) is 0 Å². The summed E-state index contributed by atoms with van der Waals surface area (Å²) in [5.41, 5.74) is -0.251. The zero-order chi connectivity index (χ0) is 15.5. The lowest BCUT2D eigenvalue weighted by atomic mass is 9.92. The van der Waals surface area contributed by atoms with E-state index in [0.717, 1.165) is 5.56 Å². The smallest absolute Gasteiger partial charge is 0.191 e. The number of hydrogen-bond acceptors (Lipinski definition) is 3. The molecule has 0 bridgehead atoms. The molecule has 108 valence electrons. The molecule has 2 aromatic rings. The second-order valence-corrected chi connectivity index (χ2v) is 6.77. The molecule has 0 spiro atoms. The summed E-state index contributed by atoms with van der Waals surface area (Å²) in [5, 5.41) is 19.4. The predicted molar refractivity (Wildman–Crippen MR) is 83.0 cm³/mol. The molecule has 21 heavy (non-hydrogen) atoms. The highest BCUT2D eigenvalue weighted by atomic mass is 32.2. The molecule has 0 aliphatic rings. The standard InChI is InChI=1S/C17H17NO2S/c1-13-8-10-16(11-9-13)21(20)14(2)17(19,12-18)15-6-4-3-5-7-15/h3-11,14,19H,1-2H3/t14-,17+,21-/m1/s1. The minimum Gasteiger partial charge on any atom is -0.371 e. The number of benzene rings is 2. The predicted octanol–water partition coefficient (Wildman–Crippen LogP) is 2.90. The number of nitrogens with zero attached hydrogens (tertiary/aromatic N) is 1. The van der Waals surface area contributed by atoms with Crippen molar-refractivity contribution in [3.05, 3.63) is 65.7 Å². The summed E-state index contributed by atoms with van der Waals surface area (Å²) < 4.78 is 12.6. The molecule has 3 nitrogen and oxygen atoms in total. The molecule has 0 aliphatic carbocycles. The summed E-state index contributed by atoms with van der Waals surface area (Å²) in [5.74, 6) is 0. The topological polar surface area (TPSA) is 61.1 Å². The van der Waals surface area contributed by atoms with Crippen LogP contribution in [0.5, 0.6) is 0 Å². The van der Waals surface area contributed by atoms with E-state index in [-0.39, 0.29) is 0 Å². The van der Waals surface area contributed by atoms with Crippen molar-refractivity contribution in [2.24, 2.45) is 0 Å². The molecule has 0 amide bonds. The number of aryl methyl sites for hydroxylation is 1. The highest BCUT2D eigenvalue weighted by Gasteiger charge is 2.40. The second-order valence-electron chi connectivity index (χ2n) is 5.00. The normalized spacial score (nSPS) is 16.5. The number of hydrogen-bond donors (Lipinski definition) is 1. The molecule has 2 aromatic carbocycles. The molecule has 0 radical (unpaired) electrons. The quantitative estimate of drug-likeness (QED) is 0.883. The Labute approximate surface area is 127 Å². The lowest BCUT2D eigenvalue weighted by Gasteiger charge is -2.27. The van der Waals surface area contributed by atoms with Crippen molar-refractivity contribution in [2.45, 2.75) is 29.6 Å². The lowest BCUT2D eigenvalue weighted by molar-refractivity contribution is 0.0981. The summed E-state index contributed by atoms with van der Waals surface area (Å²) in [4.78, 5) is 0.609. The first-order valence-electron chi connectivity index (χ1n) is 6.65. The Hall–Kier alpha value is -1.96. The van der Waals surface area contributed by atoms with E-state index in [2.05, 4.69) is 0 Å². The molecule has 3 atom stereocenters. The SMILES string of the molecule is Cc1ccc([S@](=O)[C@H](C)[C@@](O)(C#N)c2ccccc2)cc1. The van der Waals surface area contributed by atoms with Crippen molar-refractivity contribution in [2.75, 3.05) is 0 Å². The summed E-state index contributed by atoms with van der Waals surface area (Å²) in [6, 6.07) is 17.8. The molecule has 0 fully saturated rings. The fourth-order valence-electron chi connectivity index (χ4n) is 2.11. The Morgan fingerprint density at radius 2 is 1.71 bits per heavy atom. The number of aliphatic hydroxyl groups is 1. The molecule has 0 aromatic heterocycles. The zero-order valence-electron chi connectivity index (χ0n) is 12.0. The molecular formula is C17H17NO2S. The van der Waals surface area contributed by atoms with Crippen LogP contribution in [0.25, 0.3) is 0 Å². The number of rotatable bonds is 4. The molecular weight excluding hydrogens is 282 g/mol. The van der Waals surface area contributed by atoms with E-state index < -0.39 is 21.7 Å². The van der Waals surface area contributed by atoms with E-state index in [9.17, 15) is 14.6 Å². The van der Waals surface area contributed by atoms with E-state index in [1.54, 1.807) is 43.3 Å². The average molecular weight is 299 g/mol. The van der Waals surface area contributed by atoms with Crippen LogP contribution in [-0.2, 0) is 16.4 Å². The first kappa shape index (κ1) is 15.4. The number of nitriles is 1. The Morgan fingerprint density at radius 3 is 2.24 bits per heavy atom. The van der Waals surface area contributed by atoms with E-state index in [4.69, 9.17) is 0 Å². The highest BCUT2D eigenvalue weighted by molar-refractivity contribution is 7.85. The van der Waals surface area contributed by atoms with Gasteiger partial charge in [0, 0.05) is 4.90 Å². The molecule has 2 rings (SSSR count). The molecule has 0 unspecified atom stereocenters. The first-order chi connectivity index (χ1) is 9.99. The first-order valence-corrected chi connectivity index (χ1v) is 7.86. The third-order valence-electron chi connectivity index (χ3n) is 3.55. The van der Waals surface area contributed by atoms with Crippen molar-refractivity contribution < 1.29 is 9.32 Å². The van der Waals surface area contributed by atoms with Gasteiger partial charge in [0.05, 0.1) is 16.0 Å². The van der Waals surface area contributed by atoms with Crippen molar-refractivity contribution >= 4 is 10.8 Å². The molecule has 0 aliphatic heterocycles. The van der Waals surface area contributed by atoms with Gasteiger partial charge in [-0.1, -0.05) is 48.0 Å². The summed E-state index contributed by atoms with van der Waals surface area (Å²) in [6.45, 7) is 3.58. The fraction of sp³-hybridized carbons (Fsp3) is 0.235. The van der Waals surface area contributed by atoms with Gasteiger partial charge in [-0.2, -0.15) is 5.26 Å². The maximum atomic E-state index is 12.6. The van der Waals surface area contributed by atoms with Gasteiger partial charge in [0.25, 0.3) is 0 Å². The van der Waals surface area contributed by atoms with Crippen LogP contribution in [0.2, 0.25) is 0 Å². The molecule has 0 heterocycles. The van der Waals surface area contributed by atoms with Crippen LogP contribution in [0.15, 0.2) is 59.5 Å². The van der Waals surface area contributed by atoms with Crippen LogP contribution >= 0.6 is 0 Å². The molecule has 0 saturated heterocycles.